The zero-order chi connectivity index (χ0) is 18.7. The summed E-state index contributed by atoms with van der Waals surface area (Å²) >= 11 is 0. The molecule has 3 rings (SSSR count). The van der Waals surface area contributed by atoms with Crippen LogP contribution in [0.15, 0.2) is 22.7 Å². The average Bonchev–Trinajstić information content (AvgIpc) is 3.10. The molecule has 26 heavy (non-hydrogen) atoms. The SMILES string of the molecule is O=C(NCC1COCCO1)c1ccc(-c2noc(C(F)(F)F)n2)c(F)c1. The summed E-state index contributed by atoms with van der Waals surface area (Å²) in [7, 11) is 0. The summed E-state index contributed by atoms with van der Waals surface area (Å²) in [5.41, 5.74) is -0.327. The van der Waals surface area contributed by atoms with Crippen LogP contribution in [0.5, 0.6) is 0 Å². The van der Waals surface area contributed by atoms with Crippen LogP contribution in [0.1, 0.15) is 16.2 Å². The zero-order valence-electron chi connectivity index (χ0n) is 13.2. The standard InChI is InChI=1S/C15H13F4N3O4/c16-11-5-8(13(23)20-6-9-7-24-3-4-25-9)1-2-10(11)12-21-14(26-22-12)15(17,18)19/h1-2,5,9H,3-4,6-7H2,(H,20,23). The number of carbonyl (C=O) groups is 1. The fraction of sp³-hybridized carbons (Fsp3) is 0.400. The molecule has 0 bridgehead atoms. The van der Waals surface area contributed by atoms with Gasteiger partial charge in [-0.25, -0.2) is 4.39 Å². The lowest BCUT2D eigenvalue weighted by Gasteiger charge is -2.23. The van der Waals surface area contributed by atoms with E-state index in [2.05, 4.69) is 20.0 Å². The summed E-state index contributed by atoms with van der Waals surface area (Å²) in [6.45, 7) is 1.44. The number of hydrogen-bond donors (Lipinski definition) is 1. The number of amides is 1. The molecule has 0 saturated carbocycles. The van der Waals surface area contributed by atoms with Crippen molar-refractivity contribution in [1.82, 2.24) is 15.5 Å². The predicted octanol–water partition coefficient (Wildman–Crippen LogP) is 2.04. The molecule has 140 valence electrons. The Morgan fingerprint density at radius 2 is 2.12 bits per heavy atom. The van der Waals surface area contributed by atoms with Gasteiger partial charge in [-0.1, -0.05) is 5.16 Å². The van der Waals surface area contributed by atoms with Crippen LogP contribution in [0.4, 0.5) is 17.6 Å². The topological polar surface area (TPSA) is 86.5 Å². The van der Waals surface area contributed by atoms with Gasteiger partial charge in [-0.3, -0.25) is 4.79 Å². The molecule has 1 aromatic carbocycles. The minimum absolute atomic E-state index is 0.0116. The van der Waals surface area contributed by atoms with Crippen molar-refractivity contribution in [2.45, 2.75) is 12.3 Å². The maximum atomic E-state index is 14.2. The van der Waals surface area contributed by atoms with Crippen LogP contribution in [0.25, 0.3) is 11.4 Å². The van der Waals surface area contributed by atoms with Crippen molar-refractivity contribution >= 4 is 5.91 Å². The number of halogens is 4. The van der Waals surface area contributed by atoms with Crippen LogP contribution >= 0.6 is 0 Å². The van der Waals surface area contributed by atoms with E-state index in [-0.39, 0.29) is 23.8 Å². The molecule has 0 aliphatic carbocycles. The van der Waals surface area contributed by atoms with Crippen molar-refractivity contribution in [3.05, 3.63) is 35.5 Å². The van der Waals surface area contributed by atoms with Crippen molar-refractivity contribution in [3.63, 3.8) is 0 Å². The van der Waals surface area contributed by atoms with E-state index < -0.39 is 29.6 Å². The van der Waals surface area contributed by atoms with Crippen molar-refractivity contribution in [2.75, 3.05) is 26.4 Å². The zero-order valence-corrected chi connectivity index (χ0v) is 13.2. The fourth-order valence-corrected chi connectivity index (χ4v) is 2.25. The van der Waals surface area contributed by atoms with E-state index in [0.717, 1.165) is 12.1 Å². The third kappa shape index (κ3) is 4.17. The molecule has 1 aliphatic rings. The van der Waals surface area contributed by atoms with Gasteiger partial charge in [-0.05, 0) is 18.2 Å². The van der Waals surface area contributed by atoms with Gasteiger partial charge in [-0.15, -0.1) is 0 Å². The number of nitrogens with zero attached hydrogens (tertiary/aromatic N) is 2. The van der Waals surface area contributed by atoms with Gasteiger partial charge < -0.3 is 19.3 Å². The van der Waals surface area contributed by atoms with Gasteiger partial charge in [0.15, 0.2) is 0 Å². The van der Waals surface area contributed by atoms with Crippen LogP contribution in [0.3, 0.4) is 0 Å². The summed E-state index contributed by atoms with van der Waals surface area (Å²) in [4.78, 5) is 15.2. The van der Waals surface area contributed by atoms with E-state index in [9.17, 15) is 22.4 Å². The molecule has 11 heteroatoms. The van der Waals surface area contributed by atoms with E-state index in [1.54, 1.807) is 0 Å². The van der Waals surface area contributed by atoms with Gasteiger partial charge in [0.05, 0.1) is 31.5 Å². The number of alkyl halides is 3. The van der Waals surface area contributed by atoms with Gasteiger partial charge in [0.25, 0.3) is 5.91 Å². The molecular weight excluding hydrogens is 362 g/mol. The number of rotatable bonds is 4. The molecule has 7 nitrogen and oxygen atoms in total. The summed E-state index contributed by atoms with van der Waals surface area (Å²) in [6.07, 6.45) is -5.12. The Bertz CT molecular complexity index is 787. The minimum Gasteiger partial charge on any atom is -0.376 e. The lowest BCUT2D eigenvalue weighted by Crippen LogP contribution is -2.39. The Labute approximate surface area is 144 Å². The second-order valence-corrected chi connectivity index (χ2v) is 5.39. The maximum Gasteiger partial charge on any atom is 0.471 e. The Morgan fingerprint density at radius 1 is 1.31 bits per heavy atom. The predicted molar refractivity (Wildman–Crippen MR) is 77.6 cm³/mol. The van der Waals surface area contributed by atoms with Gasteiger partial charge in [-0.2, -0.15) is 18.2 Å². The largest absolute Gasteiger partial charge is 0.471 e. The van der Waals surface area contributed by atoms with E-state index in [4.69, 9.17) is 9.47 Å². The molecular formula is C15H13F4N3O4. The summed E-state index contributed by atoms with van der Waals surface area (Å²) < 4.78 is 66.2. The van der Waals surface area contributed by atoms with Crippen LogP contribution in [-0.2, 0) is 15.7 Å². The molecule has 1 saturated heterocycles. The van der Waals surface area contributed by atoms with E-state index in [1.165, 1.54) is 6.07 Å². The quantitative estimate of drug-likeness (QED) is 0.823. The molecule has 1 unspecified atom stereocenters. The number of benzene rings is 1. The summed E-state index contributed by atoms with van der Waals surface area (Å²) in [5.74, 6) is -3.66. The molecule has 2 aromatic rings. The summed E-state index contributed by atoms with van der Waals surface area (Å²) in [5, 5.41) is 5.68. The normalized spacial score (nSPS) is 17.9. The Hall–Kier alpha value is -2.53. The first kappa shape index (κ1) is 18.3. The number of nitrogens with one attached hydrogen (secondary N) is 1. The molecule has 1 fully saturated rings. The average molecular weight is 375 g/mol. The van der Waals surface area contributed by atoms with Crippen LogP contribution < -0.4 is 5.32 Å². The monoisotopic (exact) mass is 375 g/mol. The summed E-state index contributed by atoms with van der Waals surface area (Å²) in [6, 6.07) is 3.23. The Kier molecular flexibility index (Phi) is 5.18. The van der Waals surface area contributed by atoms with Crippen molar-refractivity contribution < 1.29 is 36.4 Å². The number of carbonyl (C=O) groups excluding carboxylic acids is 1. The van der Waals surface area contributed by atoms with Crippen molar-refractivity contribution in [2.24, 2.45) is 0 Å². The highest BCUT2D eigenvalue weighted by Gasteiger charge is 2.38. The lowest BCUT2D eigenvalue weighted by atomic mass is 10.1. The second-order valence-electron chi connectivity index (χ2n) is 5.39. The first-order valence-electron chi connectivity index (χ1n) is 7.53. The highest BCUT2D eigenvalue weighted by Crippen LogP contribution is 2.30. The highest BCUT2D eigenvalue weighted by atomic mass is 19.4. The van der Waals surface area contributed by atoms with Crippen molar-refractivity contribution in [3.8, 4) is 11.4 Å². The third-order valence-electron chi connectivity index (χ3n) is 3.52. The highest BCUT2D eigenvalue weighted by molar-refractivity contribution is 5.94. The third-order valence-corrected chi connectivity index (χ3v) is 3.52. The van der Waals surface area contributed by atoms with Crippen molar-refractivity contribution in [1.29, 1.82) is 0 Å². The Morgan fingerprint density at radius 3 is 2.73 bits per heavy atom. The van der Waals surface area contributed by atoms with Gasteiger partial charge in [0, 0.05) is 12.1 Å². The smallest absolute Gasteiger partial charge is 0.376 e. The second kappa shape index (κ2) is 7.38. The molecule has 1 N–H and O–H groups in total. The van der Waals surface area contributed by atoms with Gasteiger partial charge in [0.1, 0.15) is 5.82 Å². The van der Waals surface area contributed by atoms with Crippen LogP contribution in [0.2, 0.25) is 0 Å². The molecule has 1 aliphatic heterocycles. The van der Waals surface area contributed by atoms with Gasteiger partial charge >= 0.3 is 12.1 Å². The van der Waals surface area contributed by atoms with E-state index >= 15 is 0 Å². The first-order chi connectivity index (χ1) is 12.3. The Balaban J connectivity index is 1.68. The molecule has 0 radical (unpaired) electrons. The molecule has 1 atom stereocenters. The van der Waals surface area contributed by atoms with E-state index in [0.29, 0.717) is 19.8 Å². The maximum absolute atomic E-state index is 14.2. The molecule has 2 heterocycles. The van der Waals surface area contributed by atoms with E-state index in [1.807, 2.05) is 0 Å². The molecule has 1 aromatic heterocycles. The molecule has 1 amide bonds. The first-order valence-corrected chi connectivity index (χ1v) is 7.53. The van der Waals surface area contributed by atoms with Gasteiger partial charge in [0.2, 0.25) is 5.82 Å². The minimum atomic E-state index is -4.83. The number of aromatic nitrogens is 2. The number of ether oxygens (including phenoxy) is 2. The number of hydrogen-bond acceptors (Lipinski definition) is 6. The van der Waals surface area contributed by atoms with Crippen LogP contribution in [0, 0.1) is 5.82 Å². The molecule has 0 spiro atoms. The fourth-order valence-electron chi connectivity index (χ4n) is 2.25. The van der Waals surface area contributed by atoms with Crippen LogP contribution in [-0.4, -0.2) is 48.5 Å². The lowest BCUT2D eigenvalue weighted by molar-refractivity contribution is -0.159.